The number of aliphatic hydroxyl groups excluding tert-OH is 1. The minimum atomic E-state index is -0.0699. The van der Waals surface area contributed by atoms with Crippen molar-refractivity contribution in [2.75, 3.05) is 13.1 Å². The van der Waals surface area contributed by atoms with Crippen molar-refractivity contribution in [3.8, 4) is 0 Å². The van der Waals surface area contributed by atoms with Gasteiger partial charge in [0.15, 0.2) is 5.82 Å². The molecule has 120 valence electrons. The topological polar surface area (TPSA) is 84.9 Å². The Kier molecular flexibility index (Phi) is 4.49. The molecule has 1 atom stereocenters. The van der Waals surface area contributed by atoms with Gasteiger partial charge in [-0.15, -0.1) is 10.2 Å². The van der Waals surface area contributed by atoms with E-state index in [1.165, 1.54) is 0 Å². The zero-order valence-electron chi connectivity index (χ0n) is 13.2. The van der Waals surface area contributed by atoms with Gasteiger partial charge in [0, 0.05) is 26.1 Å². The molecule has 0 saturated carbocycles. The van der Waals surface area contributed by atoms with Crippen molar-refractivity contribution in [1.29, 1.82) is 0 Å². The molecule has 0 aromatic carbocycles. The van der Waals surface area contributed by atoms with E-state index >= 15 is 0 Å². The third-order valence-corrected chi connectivity index (χ3v) is 4.37. The Balaban J connectivity index is 1.70. The Bertz CT molecular complexity index is 620. The molecule has 0 bridgehead atoms. The van der Waals surface area contributed by atoms with Crippen LogP contribution in [0.1, 0.15) is 43.2 Å². The lowest BCUT2D eigenvalue weighted by molar-refractivity contribution is 0.187. The Morgan fingerprint density at radius 3 is 2.91 bits per heavy atom. The number of rotatable bonds is 5. The van der Waals surface area contributed by atoms with Crippen LogP contribution in [0.15, 0.2) is 6.33 Å². The number of aryl methyl sites for hydroxylation is 1. The molecule has 0 aliphatic carbocycles. The number of aliphatic hydroxyl groups is 1. The highest BCUT2D eigenvalue weighted by Gasteiger charge is 2.26. The van der Waals surface area contributed by atoms with Gasteiger partial charge in [0.05, 0.1) is 6.54 Å². The highest BCUT2D eigenvalue weighted by Crippen LogP contribution is 2.26. The van der Waals surface area contributed by atoms with Crippen molar-refractivity contribution >= 4 is 0 Å². The van der Waals surface area contributed by atoms with E-state index in [1.54, 1.807) is 6.33 Å². The number of hydrogen-bond acceptors (Lipinski definition) is 6. The summed E-state index contributed by atoms with van der Waals surface area (Å²) in [4.78, 5) is 6.76. The zero-order chi connectivity index (χ0) is 15.5. The zero-order valence-corrected chi connectivity index (χ0v) is 13.2. The first-order valence-corrected chi connectivity index (χ1v) is 7.81. The van der Waals surface area contributed by atoms with E-state index in [4.69, 9.17) is 0 Å². The maximum absolute atomic E-state index is 9.26. The molecular formula is C14H23N7O. The maximum atomic E-state index is 9.26. The van der Waals surface area contributed by atoms with Crippen LogP contribution in [0.25, 0.3) is 0 Å². The minimum absolute atomic E-state index is 0.0699. The quantitative estimate of drug-likeness (QED) is 0.855. The van der Waals surface area contributed by atoms with E-state index in [1.807, 2.05) is 16.3 Å². The molecule has 0 amide bonds. The molecule has 1 aliphatic heterocycles. The van der Waals surface area contributed by atoms with Crippen molar-refractivity contribution in [1.82, 2.24) is 34.4 Å². The van der Waals surface area contributed by atoms with E-state index in [9.17, 15) is 5.11 Å². The fraction of sp³-hybridized carbons (Fsp3) is 0.714. The number of likely N-dealkylation sites (tertiary alicyclic amines) is 1. The summed E-state index contributed by atoms with van der Waals surface area (Å²) in [5, 5.41) is 21.8. The summed E-state index contributed by atoms with van der Waals surface area (Å²) in [6.07, 6.45) is 3.86. The van der Waals surface area contributed by atoms with Gasteiger partial charge in [-0.3, -0.25) is 4.90 Å². The molecule has 3 rings (SSSR count). The van der Waals surface area contributed by atoms with Crippen molar-refractivity contribution in [3.63, 3.8) is 0 Å². The van der Waals surface area contributed by atoms with Crippen LogP contribution in [0.5, 0.6) is 0 Å². The lowest BCUT2D eigenvalue weighted by Gasteiger charge is -2.31. The third kappa shape index (κ3) is 2.89. The third-order valence-electron chi connectivity index (χ3n) is 4.37. The van der Waals surface area contributed by atoms with Gasteiger partial charge in [-0.25, -0.2) is 9.67 Å². The lowest BCUT2D eigenvalue weighted by atomic mass is 9.97. The van der Waals surface area contributed by atoms with E-state index in [-0.39, 0.29) is 6.61 Å². The van der Waals surface area contributed by atoms with Gasteiger partial charge in [-0.2, -0.15) is 5.10 Å². The number of nitrogens with zero attached hydrogens (tertiary/aromatic N) is 7. The predicted octanol–water partition coefficient (Wildman–Crippen LogP) is 0.298. The molecule has 3 heterocycles. The van der Waals surface area contributed by atoms with Crippen LogP contribution in [0, 0.1) is 0 Å². The summed E-state index contributed by atoms with van der Waals surface area (Å²) in [5.74, 6) is 2.95. The molecule has 22 heavy (non-hydrogen) atoms. The van der Waals surface area contributed by atoms with Crippen LogP contribution in [-0.2, 0) is 26.7 Å². The van der Waals surface area contributed by atoms with Crippen LogP contribution in [-0.4, -0.2) is 52.6 Å². The van der Waals surface area contributed by atoms with Crippen LogP contribution in [0.2, 0.25) is 0 Å². The van der Waals surface area contributed by atoms with E-state index in [0.29, 0.717) is 11.7 Å². The van der Waals surface area contributed by atoms with Gasteiger partial charge >= 0.3 is 0 Å². The molecule has 1 saturated heterocycles. The second-order valence-corrected chi connectivity index (χ2v) is 5.76. The molecule has 1 aliphatic rings. The molecule has 8 nitrogen and oxygen atoms in total. The number of aromatic nitrogens is 6. The SMILES string of the molecule is CCn1ncnc1CN1CCC[C@H](c2nnc(CO)n2C)C1. The number of hydrogen-bond donors (Lipinski definition) is 1. The fourth-order valence-corrected chi connectivity index (χ4v) is 3.15. The summed E-state index contributed by atoms with van der Waals surface area (Å²) in [7, 11) is 1.92. The normalized spacial score (nSPS) is 19.7. The van der Waals surface area contributed by atoms with Crippen molar-refractivity contribution in [3.05, 3.63) is 23.8 Å². The van der Waals surface area contributed by atoms with E-state index in [0.717, 1.165) is 50.7 Å². The molecule has 1 N–H and O–H groups in total. The van der Waals surface area contributed by atoms with Crippen molar-refractivity contribution < 1.29 is 5.11 Å². The molecule has 8 heteroatoms. The first-order valence-electron chi connectivity index (χ1n) is 7.81. The van der Waals surface area contributed by atoms with Crippen LogP contribution in [0.4, 0.5) is 0 Å². The minimum Gasteiger partial charge on any atom is -0.388 e. The standard InChI is InChI=1S/C14H23N7O/c1-3-21-12(15-10-16-21)8-20-6-4-5-11(7-20)14-18-17-13(9-22)19(14)2/h10-11,22H,3-9H2,1-2H3/t11-/m0/s1. The van der Waals surface area contributed by atoms with Gasteiger partial charge < -0.3 is 9.67 Å². The van der Waals surface area contributed by atoms with E-state index in [2.05, 4.69) is 32.1 Å². The van der Waals surface area contributed by atoms with E-state index < -0.39 is 0 Å². The monoisotopic (exact) mass is 305 g/mol. The van der Waals surface area contributed by atoms with Gasteiger partial charge in [0.2, 0.25) is 0 Å². The molecule has 2 aromatic heterocycles. The highest BCUT2D eigenvalue weighted by molar-refractivity contribution is 5.03. The van der Waals surface area contributed by atoms with Crippen LogP contribution >= 0.6 is 0 Å². The second-order valence-electron chi connectivity index (χ2n) is 5.76. The molecular weight excluding hydrogens is 282 g/mol. The van der Waals surface area contributed by atoms with Crippen LogP contribution in [0.3, 0.4) is 0 Å². The smallest absolute Gasteiger partial charge is 0.158 e. The maximum Gasteiger partial charge on any atom is 0.158 e. The largest absolute Gasteiger partial charge is 0.388 e. The summed E-state index contributed by atoms with van der Waals surface area (Å²) < 4.78 is 3.86. The Labute approximate surface area is 129 Å². The summed E-state index contributed by atoms with van der Waals surface area (Å²) in [6, 6.07) is 0. The molecule has 0 radical (unpaired) electrons. The Morgan fingerprint density at radius 2 is 2.18 bits per heavy atom. The second kappa shape index (κ2) is 6.53. The first-order chi connectivity index (χ1) is 10.7. The van der Waals surface area contributed by atoms with Crippen molar-refractivity contribution in [2.45, 2.75) is 45.4 Å². The number of piperidine rings is 1. The lowest BCUT2D eigenvalue weighted by Crippen LogP contribution is -2.35. The average molecular weight is 305 g/mol. The van der Waals surface area contributed by atoms with Gasteiger partial charge in [-0.1, -0.05) is 0 Å². The van der Waals surface area contributed by atoms with Gasteiger partial charge in [-0.05, 0) is 26.3 Å². The predicted molar refractivity (Wildman–Crippen MR) is 79.9 cm³/mol. The Morgan fingerprint density at radius 1 is 1.32 bits per heavy atom. The van der Waals surface area contributed by atoms with Crippen molar-refractivity contribution in [2.24, 2.45) is 7.05 Å². The highest BCUT2D eigenvalue weighted by atomic mass is 16.3. The molecule has 1 fully saturated rings. The summed E-state index contributed by atoms with van der Waals surface area (Å²) in [5.41, 5.74) is 0. The average Bonchev–Trinajstić information content (AvgIpc) is 3.13. The first kappa shape index (κ1) is 15.1. The molecule has 0 unspecified atom stereocenters. The van der Waals surface area contributed by atoms with Crippen LogP contribution < -0.4 is 0 Å². The molecule has 2 aromatic rings. The summed E-state index contributed by atoms with van der Waals surface area (Å²) in [6.45, 7) is 5.67. The Hall–Kier alpha value is -1.80. The summed E-state index contributed by atoms with van der Waals surface area (Å²) >= 11 is 0. The fourth-order valence-electron chi connectivity index (χ4n) is 3.15. The van der Waals surface area contributed by atoms with Gasteiger partial charge in [0.25, 0.3) is 0 Å². The van der Waals surface area contributed by atoms with Gasteiger partial charge in [0.1, 0.15) is 24.6 Å². The molecule has 0 spiro atoms.